The van der Waals surface area contributed by atoms with Crippen molar-refractivity contribution in [1.82, 2.24) is 0 Å². The number of nitrogens with zero attached hydrogens (tertiary/aromatic N) is 1. The van der Waals surface area contributed by atoms with Crippen molar-refractivity contribution in [2.24, 2.45) is 11.8 Å². The van der Waals surface area contributed by atoms with Crippen LogP contribution in [0.2, 0.25) is 0 Å². The van der Waals surface area contributed by atoms with Gasteiger partial charge in [0.1, 0.15) is 0 Å². The number of hydrogen-bond acceptors (Lipinski definition) is 3. The van der Waals surface area contributed by atoms with Crippen LogP contribution in [0.1, 0.15) is 0 Å². The molecule has 3 heterocycles. The molecule has 0 radical (unpaired) electrons. The van der Waals surface area contributed by atoms with E-state index >= 15 is 0 Å². The normalized spacial score (nSPS) is 36.6. The first-order chi connectivity index (χ1) is 8.77. The molecule has 2 fully saturated rings. The molecule has 18 heavy (non-hydrogen) atoms. The van der Waals surface area contributed by atoms with Crippen LogP contribution in [0.4, 0.5) is 5.69 Å². The summed E-state index contributed by atoms with van der Waals surface area (Å²) in [7, 11) is 0. The van der Waals surface area contributed by atoms with Crippen molar-refractivity contribution in [2.45, 2.75) is 12.2 Å². The zero-order valence-electron chi connectivity index (χ0n) is 9.52. The van der Waals surface area contributed by atoms with Crippen LogP contribution in [-0.2, 0) is 14.3 Å². The molecule has 90 valence electrons. The monoisotopic (exact) mass is 241 g/mol. The number of carbonyl (C=O) groups excluding carboxylic acids is 2. The first-order valence-corrected chi connectivity index (χ1v) is 6.04. The average molecular weight is 241 g/mol. The van der Waals surface area contributed by atoms with Crippen molar-refractivity contribution in [1.29, 1.82) is 0 Å². The van der Waals surface area contributed by atoms with Gasteiger partial charge in [-0.2, -0.15) is 0 Å². The number of hydrogen-bond donors (Lipinski definition) is 0. The third kappa shape index (κ3) is 1.08. The van der Waals surface area contributed by atoms with Gasteiger partial charge in [-0.1, -0.05) is 30.4 Å². The molecule has 0 aromatic heterocycles. The molecule has 0 N–H and O–H groups in total. The maximum absolute atomic E-state index is 12.4. The van der Waals surface area contributed by atoms with Crippen LogP contribution in [0.25, 0.3) is 0 Å². The minimum Gasteiger partial charge on any atom is -0.365 e. The van der Waals surface area contributed by atoms with Crippen LogP contribution in [0.5, 0.6) is 0 Å². The number of ether oxygens (including phenoxy) is 1. The highest BCUT2D eigenvalue weighted by Gasteiger charge is 2.60. The number of fused-ring (bicyclic) bond motifs is 5. The zero-order valence-corrected chi connectivity index (χ0v) is 9.52. The van der Waals surface area contributed by atoms with Gasteiger partial charge in [-0.15, -0.1) is 0 Å². The van der Waals surface area contributed by atoms with E-state index < -0.39 is 0 Å². The van der Waals surface area contributed by atoms with Crippen LogP contribution in [-0.4, -0.2) is 24.0 Å². The summed E-state index contributed by atoms with van der Waals surface area (Å²) in [5, 5.41) is 0. The lowest BCUT2D eigenvalue weighted by Gasteiger charge is -2.17. The second-order valence-corrected chi connectivity index (χ2v) is 4.85. The lowest BCUT2D eigenvalue weighted by Crippen LogP contribution is -2.34. The predicted molar refractivity (Wildman–Crippen MR) is 63.7 cm³/mol. The molecule has 3 aliphatic rings. The van der Waals surface area contributed by atoms with Gasteiger partial charge in [0.2, 0.25) is 11.8 Å². The summed E-state index contributed by atoms with van der Waals surface area (Å²) in [6, 6.07) is 9.09. The van der Waals surface area contributed by atoms with E-state index in [-0.39, 0.29) is 35.9 Å². The highest BCUT2D eigenvalue weighted by atomic mass is 16.5. The second kappa shape index (κ2) is 3.29. The molecule has 4 heteroatoms. The summed E-state index contributed by atoms with van der Waals surface area (Å²) < 4.78 is 5.58. The molecule has 2 amide bonds. The molecule has 4 nitrogen and oxygen atoms in total. The fourth-order valence-corrected chi connectivity index (χ4v) is 3.14. The van der Waals surface area contributed by atoms with E-state index in [1.807, 2.05) is 30.4 Å². The van der Waals surface area contributed by atoms with Gasteiger partial charge in [-0.05, 0) is 12.1 Å². The third-order valence-electron chi connectivity index (χ3n) is 3.92. The van der Waals surface area contributed by atoms with Crippen molar-refractivity contribution in [3.63, 3.8) is 0 Å². The van der Waals surface area contributed by atoms with Crippen molar-refractivity contribution < 1.29 is 14.3 Å². The topological polar surface area (TPSA) is 46.6 Å². The van der Waals surface area contributed by atoms with Crippen LogP contribution in [0, 0.1) is 11.8 Å². The van der Waals surface area contributed by atoms with Gasteiger partial charge in [0.15, 0.2) is 0 Å². The Labute approximate surface area is 104 Å². The third-order valence-corrected chi connectivity index (χ3v) is 3.92. The lowest BCUT2D eigenvalue weighted by molar-refractivity contribution is -0.124. The van der Waals surface area contributed by atoms with Crippen molar-refractivity contribution in [3.05, 3.63) is 42.5 Å². The van der Waals surface area contributed by atoms with Crippen LogP contribution < -0.4 is 4.90 Å². The maximum atomic E-state index is 12.4. The van der Waals surface area contributed by atoms with E-state index in [0.29, 0.717) is 5.69 Å². The average Bonchev–Trinajstić information content (AvgIpc) is 3.05. The summed E-state index contributed by atoms with van der Waals surface area (Å²) >= 11 is 0. The SMILES string of the molecule is O=C1[C@H]2[C@H](C(=O)N1c1ccccc1)[C@H]1C=C[C@H]2O1. The van der Waals surface area contributed by atoms with Gasteiger partial charge in [-0.3, -0.25) is 9.59 Å². The molecule has 2 bridgehead atoms. The van der Waals surface area contributed by atoms with Crippen molar-refractivity contribution >= 4 is 17.5 Å². The predicted octanol–water partition coefficient (Wildman–Crippen LogP) is 1.13. The first kappa shape index (κ1) is 10.0. The summed E-state index contributed by atoms with van der Waals surface area (Å²) in [5.41, 5.74) is 0.654. The van der Waals surface area contributed by atoms with E-state index in [4.69, 9.17) is 4.74 Å². The van der Waals surface area contributed by atoms with E-state index in [1.54, 1.807) is 12.1 Å². The van der Waals surface area contributed by atoms with Crippen LogP contribution in [0.15, 0.2) is 42.5 Å². The van der Waals surface area contributed by atoms with Gasteiger partial charge in [0.25, 0.3) is 0 Å². The van der Waals surface area contributed by atoms with Gasteiger partial charge in [0.05, 0.1) is 29.7 Å². The molecular weight excluding hydrogens is 230 g/mol. The molecule has 0 spiro atoms. The number of para-hydroxylation sites is 1. The Bertz CT molecular complexity index is 536. The van der Waals surface area contributed by atoms with Crippen molar-refractivity contribution in [2.75, 3.05) is 4.90 Å². The fourth-order valence-electron chi connectivity index (χ4n) is 3.14. The van der Waals surface area contributed by atoms with E-state index in [1.165, 1.54) is 4.90 Å². The fraction of sp³-hybridized carbons (Fsp3) is 0.286. The van der Waals surface area contributed by atoms with Crippen molar-refractivity contribution in [3.8, 4) is 0 Å². The lowest BCUT2D eigenvalue weighted by atomic mass is 9.85. The molecule has 1 aromatic carbocycles. The summed E-state index contributed by atoms with van der Waals surface area (Å²) in [4.78, 5) is 26.1. The molecular formula is C14H11NO3. The minimum absolute atomic E-state index is 0.131. The van der Waals surface area contributed by atoms with Gasteiger partial charge in [-0.25, -0.2) is 4.90 Å². The Morgan fingerprint density at radius 1 is 0.889 bits per heavy atom. The van der Waals surface area contributed by atoms with E-state index in [0.717, 1.165) is 0 Å². The molecule has 4 atom stereocenters. The Hall–Kier alpha value is -1.94. The Morgan fingerprint density at radius 2 is 1.44 bits per heavy atom. The first-order valence-electron chi connectivity index (χ1n) is 6.04. The zero-order chi connectivity index (χ0) is 12.3. The van der Waals surface area contributed by atoms with Gasteiger partial charge < -0.3 is 4.74 Å². The smallest absolute Gasteiger partial charge is 0.240 e. The van der Waals surface area contributed by atoms with E-state index in [2.05, 4.69) is 0 Å². The molecule has 0 unspecified atom stereocenters. The number of benzene rings is 1. The molecule has 1 aromatic rings. The molecule has 4 rings (SSSR count). The maximum Gasteiger partial charge on any atom is 0.240 e. The second-order valence-electron chi connectivity index (χ2n) is 4.85. The minimum atomic E-state index is -0.326. The Balaban J connectivity index is 1.77. The standard InChI is InChI=1S/C14H11NO3/c16-13-11-9-6-7-10(18-9)12(11)14(17)15(13)8-4-2-1-3-5-8/h1-7,9-12H/t9-,10-,11-,12-/m1/s1. The number of carbonyl (C=O) groups is 2. The summed E-state index contributed by atoms with van der Waals surface area (Å²) in [5.74, 6) is -0.915. The number of amides is 2. The quantitative estimate of drug-likeness (QED) is 0.547. The highest BCUT2D eigenvalue weighted by molar-refractivity contribution is 6.23. The summed E-state index contributed by atoms with van der Waals surface area (Å²) in [6.07, 6.45) is 3.35. The van der Waals surface area contributed by atoms with Crippen LogP contribution >= 0.6 is 0 Å². The number of imide groups is 1. The Morgan fingerprint density at radius 3 is 2.00 bits per heavy atom. The molecule has 3 aliphatic heterocycles. The summed E-state index contributed by atoms with van der Waals surface area (Å²) in [6.45, 7) is 0. The number of anilines is 1. The van der Waals surface area contributed by atoms with Crippen LogP contribution in [0.3, 0.4) is 0 Å². The number of rotatable bonds is 1. The largest absolute Gasteiger partial charge is 0.365 e. The Kier molecular flexibility index (Phi) is 1.84. The highest BCUT2D eigenvalue weighted by Crippen LogP contribution is 2.46. The molecule has 0 aliphatic carbocycles. The van der Waals surface area contributed by atoms with Gasteiger partial charge >= 0.3 is 0 Å². The van der Waals surface area contributed by atoms with Gasteiger partial charge in [0, 0.05) is 0 Å². The molecule has 0 saturated carbocycles. The van der Waals surface area contributed by atoms with E-state index in [9.17, 15) is 9.59 Å². The molecule has 2 saturated heterocycles.